The second-order valence-electron chi connectivity index (χ2n) is 5.61. The van der Waals surface area contributed by atoms with E-state index < -0.39 is 0 Å². The quantitative estimate of drug-likeness (QED) is 0.781. The van der Waals surface area contributed by atoms with Crippen molar-refractivity contribution >= 4 is 29.9 Å². The number of hydrogen-bond acceptors (Lipinski definition) is 4. The Labute approximate surface area is 158 Å². The zero-order chi connectivity index (χ0) is 16.8. The van der Waals surface area contributed by atoms with E-state index in [4.69, 9.17) is 16.3 Å². The number of carbonyl (C=O) groups excluding carboxylic acids is 1. The molecule has 0 unspecified atom stereocenters. The molecule has 1 amide bonds. The van der Waals surface area contributed by atoms with Gasteiger partial charge in [-0.15, -0.1) is 12.4 Å². The number of nitrogens with one attached hydrogen (secondary N) is 2. The molecule has 0 aliphatic carbocycles. The minimum Gasteiger partial charge on any atom is -0.490 e. The second-order valence-corrected chi connectivity index (χ2v) is 6.02. The number of rotatable bonds is 5. The van der Waals surface area contributed by atoms with Gasteiger partial charge in [0.25, 0.3) is 5.91 Å². The van der Waals surface area contributed by atoms with E-state index >= 15 is 0 Å². The van der Waals surface area contributed by atoms with Crippen LogP contribution in [0.1, 0.15) is 21.5 Å². The molecule has 0 saturated carbocycles. The van der Waals surface area contributed by atoms with Crippen LogP contribution in [0.3, 0.4) is 0 Å². The third-order valence-corrected chi connectivity index (χ3v) is 4.29. The van der Waals surface area contributed by atoms with Gasteiger partial charge in [-0.2, -0.15) is 0 Å². The zero-order valence-corrected chi connectivity index (χ0v) is 15.3. The number of pyridine rings is 1. The zero-order valence-electron chi connectivity index (χ0n) is 13.8. The Balaban J connectivity index is 0.00000225. The Morgan fingerprint density at radius 1 is 1.28 bits per heavy atom. The van der Waals surface area contributed by atoms with E-state index in [0.717, 1.165) is 31.7 Å². The van der Waals surface area contributed by atoms with Crippen molar-refractivity contribution in [3.63, 3.8) is 0 Å². The number of carbonyl (C=O) groups is 1. The maximum Gasteiger partial charge on any atom is 0.252 e. The van der Waals surface area contributed by atoms with Crippen molar-refractivity contribution in [1.82, 2.24) is 15.6 Å². The average molecular weight is 382 g/mol. The van der Waals surface area contributed by atoms with Crippen molar-refractivity contribution in [2.45, 2.75) is 12.8 Å². The molecule has 0 radical (unpaired) electrons. The topological polar surface area (TPSA) is 63.2 Å². The van der Waals surface area contributed by atoms with Gasteiger partial charge in [-0.25, -0.2) is 0 Å². The summed E-state index contributed by atoms with van der Waals surface area (Å²) in [6.45, 7) is 2.66. The highest BCUT2D eigenvalue weighted by atomic mass is 35.5. The molecule has 0 bridgehead atoms. The molecule has 1 aromatic carbocycles. The summed E-state index contributed by atoms with van der Waals surface area (Å²) in [6, 6.07) is 7.42. The lowest BCUT2D eigenvalue weighted by Gasteiger charge is -2.15. The lowest BCUT2D eigenvalue weighted by Crippen LogP contribution is -2.28. The van der Waals surface area contributed by atoms with Crippen LogP contribution in [0.5, 0.6) is 5.75 Å². The van der Waals surface area contributed by atoms with Gasteiger partial charge < -0.3 is 15.4 Å². The normalized spacial score (nSPS) is 13.2. The summed E-state index contributed by atoms with van der Waals surface area (Å²) < 4.78 is 5.89. The number of halogens is 2. The molecule has 3 rings (SSSR count). The van der Waals surface area contributed by atoms with Gasteiger partial charge in [-0.1, -0.05) is 17.7 Å². The van der Waals surface area contributed by atoms with Crippen LogP contribution < -0.4 is 15.4 Å². The molecule has 7 heteroatoms. The Morgan fingerprint density at radius 3 is 2.92 bits per heavy atom. The largest absolute Gasteiger partial charge is 0.490 e. The molecule has 5 nitrogen and oxygen atoms in total. The van der Waals surface area contributed by atoms with Gasteiger partial charge in [0.15, 0.2) is 0 Å². The van der Waals surface area contributed by atoms with Gasteiger partial charge in [-0.3, -0.25) is 9.78 Å². The molecule has 2 heterocycles. The molecule has 2 aromatic rings. The molecule has 0 fully saturated rings. The lowest BCUT2D eigenvalue weighted by molar-refractivity contribution is 0.0946. The first-order valence-electron chi connectivity index (χ1n) is 8.07. The Kier molecular flexibility index (Phi) is 7.50. The Bertz CT molecular complexity index is 711. The average Bonchev–Trinajstić information content (AvgIpc) is 2.86. The molecule has 0 atom stereocenters. The van der Waals surface area contributed by atoms with Gasteiger partial charge in [0, 0.05) is 18.0 Å². The van der Waals surface area contributed by atoms with Crippen molar-refractivity contribution in [3.8, 4) is 5.75 Å². The summed E-state index contributed by atoms with van der Waals surface area (Å²) >= 11 is 6.31. The molecule has 1 aliphatic heterocycles. The van der Waals surface area contributed by atoms with Gasteiger partial charge in [-0.05, 0) is 49.7 Å². The van der Waals surface area contributed by atoms with Crippen LogP contribution in [0, 0.1) is 0 Å². The molecule has 1 aromatic heterocycles. The Hall–Kier alpha value is -1.82. The third-order valence-electron chi connectivity index (χ3n) is 3.99. The smallest absolute Gasteiger partial charge is 0.252 e. The molecular weight excluding hydrogens is 361 g/mol. The summed E-state index contributed by atoms with van der Waals surface area (Å²) in [5.74, 6) is 0.586. The first-order chi connectivity index (χ1) is 11.8. The van der Waals surface area contributed by atoms with Crippen LogP contribution in [0.4, 0.5) is 0 Å². The highest BCUT2D eigenvalue weighted by Crippen LogP contribution is 2.32. The number of hydrogen-bond donors (Lipinski definition) is 2. The van der Waals surface area contributed by atoms with E-state index in [2.05, 4.69) is 21.7 Å². The predicted molar refractivity (Wildman–Crippen MR) is 101 cm³/mol. The van der Waals surface area contributed by atoms with Crippen molar-refractivity contribution in [2.75, 3.05) is 26.2 Å². The fourth-order valence-electron chi connectivity index (χ4n) is 2.78. The molecule has 1 aliphatic rings. The number of aromatic nitrogens is 1. The van der Waals surface area contributed by atoms with Gasteiger partial charge in [0.2, 0.25) is 0 Å². The summed E-state index contributed by atoms with van der Waals surface area (Å²) in [7, 11) is 0. The van der Waals surface area contributed by atoms with Gasteiger partial charge in [0.1, 0.15) is 12.4 Å². The van der Waals surface area contributed by atoms with Crippen LogP contribution in [-0.4, -0.2) is 37.1 Å². The second kappa shape index (κ2) is 9.61. The highest BCUT2D eigenvalue weighted by Gasteiger charge is 2.16. The standard InChI is InChI=1S/C18H20ClN3O2.ClH/c19-16-4-3-13-5-8-20-9-6-15(13)17(16)24-11-10-22-18(23)14-2-1-7-21-12-14;/h1-4,7,12,20H,5-6,8-11H2,(H,22,23);1H. The van der Waals surface area contributed by atoms with Crippen molar-refractivity contribution in [3.05, 3.63) is 58.4 Å². The van der Waals surface area contributed by atoms with E-state index in [0.29, 0.717) is 23.7 Å². The maximum atomic E-state index is 12.0. The number of ether oxygens (including phenoxy) is 1. The fourth-order valence-corrected chi connectivity index (χ4v) is 3.01. The minimum absolute atomic E-state index is 0. The molecule has 0 spiro atoms. The molecule has 0 saturated heterocycles. The first kappa shape index (κ1) is 19.5. The number of benzene rings is 1. The molecule has 2 N–H and O–H groups in total. The van der Waals surface area contributed by atoms with Crippen LogP contribution in [-0.2, 0) is 12.8 Å². The summed E-state index contributed by atoms with van der Waals surface area (Å²) in [4.78, 5) is 15.9. The van der Waals surface area contributed by atoms with Crippen LogP contribution >= 0.6 is 24.0 Å². The SMILES string of the molecule is Cl.O=C(NCCOc1c(Cl)ccc2c1CCNCC2)c1cccnc1. The number of nitrogens with zero attached hydrogens (tertiary/aromatic N) is 1. The fraction of sp³-hybridized carbons (Fsp3) is 0.333. The monoisotopic (exact) mass is 381 g/mol. The van der Waals surface area contributed by atoms with Crippen LogP contribution in [0.25, 0.3) is 0 Å². The number of amides is 1. The van der Waals surface area contributed by atoms with Crippen molar-refractivity contribution in [1.29, 1.82) is 0 Å². The van der Waals surface area contributed by atoms with Crippen LogP contribution in [0.2, 0.25) is 5.02 Å². The van der Waals surface area contributed by atoms with E-state index in [1.165, 1.54) is 17.3 Å². The maximum absolute atomic E-state index is 12.0. The predicted octanol–water partition coefficient (Wildman–Crippen LogP) is 2.65. The third kappa shape index (κ3) is 5.08. The van der Waals surface area contributed by atoms with Crippen molar-refractivity contribution in [2.24, 2.45) is 0 Å². The molecule has 25 heavy (non-hydrogen) atoms. The summed E-state index contributed by atoms with van der Waals surface area (Å²) in [5, 5.41) is 6.82. The molecular formula is C18H21Cl2N3O2. The lowest BCUT2D eigenvalue weighted by atomic mass is 10.0. The van der Waals surface area contributed by atoms with Gasteiger partial charge in [0.05, 0.1) is 17.1 Å². The van der Waals surface area contributed by atoms with Crippen LogP contribution in [0.15, 0.2) is 36.7 Å². The van der Waals surface area contributed by atoms with E-state index in [-0.39, 0.29) is 18.3 Å². The number of fused-ring (bicyclic) bond motifs is 1. The summed E-state index contributed by atoms with van der Waals surface area (Å²) in [6.07, 6.45) is 5.04. The Morgan fingerprint density at radius 2 is 2.12 bits per heavy atom. The van der Waals surface area contributed by atoms with Crippen molar-refractivity contribution < 1.29 is 9.53 Å². The first-order valence-corrected chi connectivity index (χ1v) is 8.45. The van der Waals surface area contributed by atoms with E-state index in [1.807, 2.05) is 6.07 Å². The molecule has 134 valence electrons. The van der Waals surface area contributed by atoms with Gasteiger partial charge >= 0.3 is 0 Å². The van der Waals surface area contributed by atoms with E-state index in [9.17, 15) is 4.79 Å². The van der Waals surface area contributed by atoms with E-state index in [1.54, 1.807) is 18.3 Å². The highest BCUT2D eigenvalue weighted by molar-refractivity contribution is 6.32. The summed E-state index contributed by atoms with van der Waals surface area (Å²) in [5.41, 5.74) is 2.99. The minimum atomic E-state index is -0.158.